The molecule has 1 atom stereocenters. The lowest BCUT2D eigenvalue weighted by Gasteiger charge is -2.11. The minimum Gasteiger partial charge on any atom is -0.379 e. The van der Waals surface area contributed by atoms with E-state index in [1.165, 1.54) is 0 Å². The average molecular weight is 89.1 g/mol. The fraction of sp³-hybridized carbons (Fsp3) is 1.00. The molecule has 0 radical (unpaired) electrons. The molecular formula is C4H11NO. The van der Waals surface area contributed by atoms with Gasteiger partial charge in [0.15, 0.2) is 0 Å². The Kier molecular flexibility index (Phi) is 2.13. The van der Waals surface area contributed by atoms with Crippen LogP contribution in [0.1, 0.15) is 6.92 Å². The van der Waals surface area contributed by atoms with Gasteiger partial charge in [-0.1, -0.05) is 0 Å². The number of nitrogens with zero attached hydrogens (tertiary/aromatic N) is 1. The maximum atomic E-state index is 8.56. The van der Waals surface area contributed by atoms with Crippen molar-refractivity contribution >= 4 is 0 Å². The fourth-order valence-corrected chi connectivity index (χ4v) is 0. The molecule has 0 aliphatic rings. The van der Waals surface area contributed by atoms with Gasteiger partial charge in [-0.25, -0.2) is 0 Å². The first kappa shape index (κ1) is 5.92. The van der Waals surface area contributed by atoms with Gasteiger partial charge in [-0.05, 0) is 21.0 Å². The molecule has 0 aromatic heterocycles. The van der Waals surface area contributed by atoms with Gasteiger partial charge in [0.2, 0.25) is 0 Å². The van der Waals surface area contributed by atoms with Crippen LogP contribution in [0, 0.1) is 0 Å². The SMILES string of the molecule is C[C@H](O)N(C)C. The molecule has 0 fully saturated rings. The molecular weight excluding hydrogens is 78.0 g/mol. The summed E-state index contributed by atoms with van der Waals surface area (Å²) in [5.41, 5.74) is 0. The van der Waals surface area contributed by atoms with E-state index in [-0.39, 0.29) is 6.23 Å². The van der Waals surface area contributed by atoms with E-state index in [4.69, 9.17) is 5.11 Å². The van der Waals surface area contributed by atoms with E-state index in [1.54, 1.807) is 11.8 Å². The molecule has 0 unspecified atom stereocenters. The second-order valence-corrected chi connectivity index (χ2v) is 1.60. The Balaban J connectivity index is 2.99. The third-order valence-corrected chi connectivity index (χ3v) is 0.747. The second-order valence-electron chi connectivity index (χ2n) is 1.60. The summed E-state index contributed by atoms with van der Waals surface area (Å²) in [6.07, 6.45) is -0.315. The predicted octanol–water partition coefficient (Wildman–Crippen LogP) is -0.114. The lowest BCUT2D eigenvalue weighted by molar-refractivity contribution is 0.0578. The lowest BCUT2D eigenvalue weighted by Crippen LogP contribution is -2.23. The van der Waals surface area contributed by atoms with Crippen molar-refractivity contribution < 1.29 is 5.11 Å². The van der Waals surface area contributed by atoms with Crippen molar-refractivity contribution in [2.75, 3.05) is 14.1 Å². The highest BCUT2D eigenvalue weighted by molar-refractivity contribution is 4.35. The molecule has 2 nitrogen and oxygen atoms in total. The summed E-state index contributed by atoms with van der Waals surface area (Å²) in [4.78, 5) is 1.72. The van der Waals surface area contributed by atoms with Crippen LogP contribution in [0.2, 0.25) is 0 Å². The third-order valence-electron chi connectivity index (χ3n) is 0.747. The Labute approximate surface area is 38.4 Å². The van der Waals surface area contributed by atoms with E-state index < -0.39 is 0 Å². The molecule has 0 rings (SSSR count). The molecule has 0 aliphatic carbocycles. The molecule has 0 spiro atoms. The van der Waals surface area contributed by atoms with Crippen LogP contribution in [0.3, 0.4) is 0 Å². The first-order valence-corrected chi connectivity index (χ1v) is 1.99. The number of hydrogen-bond acceptors (Lipinski definition) is 2. The summed E-state index contributed by atoms with van der Waals surface area (Å²) < 4.78 is 0. The van der Waals surface area contributed by atoms with Crippen molar-refractivity contribution in [1.29, 1.82) is 0 Å². The molecule has 0 aliphatic heterocycles. The lowest BCUT2D eigenvalue weighted by atomic mass is 10.6. The van der Waals surface area contributed by atoms with Gasteiger partial charge in [-0.3, -0.25) is 4.90 Å². The molecule has 0 aromatic rings. The van der Waals surface area contributed by atoms with Crippen molar-refractivity contribution in [1.82, 2.24) is 4.90 Å². The summed E-state index contributed by atoms with van der Waals surface area (Å²) in [6, 6.07) is 0. The van der Waals surface area contributed by atoms with Crippen LogP contribution < -0.4 is 0 Å². The summed E-state index contributed by atoms with van der Waals surface area (Å²) in [5, 5.41) is 8.56. The molecule has 0 saturated carbocycles. The van der Waals surface area contributed by atoms with Crippen LogP contribution >= 0.6 is 0 Å². The molecule has 0 amide bonds. The van der Waals surface area contributed by atoms with Crippen molar-refractivity contribution in [2.24, 2.45) is 0 Å². The van der Waals surface area contributed by atoms with Gasteiger partial charge < -0.3 is 5.11 Å². The van der Waals surface area contributed by atoms with Gasteiger partial charge in [0, 0.05) is 0 Å². The molecule has 0 aromatic carbocycles. The number of hydrogen-bond donors (Lipinski definition) is 1. The monoisotopic (exact) mass is 89.1 g/mol. The standard InChI is InChI=1S/C4H11NO/c1-4(6)5(2)3/h4,6H,1-3H3/t4-/m0/s1. The van der Waals surface area contributed by atoms with Crippen LogP contribution in [0.4, 0.5) is 0 Å². The second kappa shape index (κ2) is 2.16. The minimum atomic E-state index is -0.315. The maximum Gasteiger partial charge on any atom is 0.104 e. The predicted molar refractivity (Wildman–Crippen MR) is 25.4 cm³/mol. The van der Waals surface area contributed by atoms with Crippen LogP contribution in [0.25, 0.3) is 0 Å². The normalized spacial score (nSPS) is 15.5. The van der Waals surface area contributed by atoms with Gasteiger partial charge in [0.05, 0.1) is 0 Å². The van der Waals surface area contributed by atoms with Crippen molar-refractivity contribution in [2.45, 2.75) is 13.2 Å². The van der Waals surface area contributed by atoms with Crippen molar-refractivity contribution in [3.05, 3.63) is 0 Å². The van der Waals surface area contributed by atoms with Gasteiger partial charge in [0.1, 0.15) is 6.23 Å². The molecule has 1 N–H and O–H groups in total. The molecule has 0 heterocycles. The molecule has 0 bridgehead atoms. The first-order valence-electron chi connectivity index (χ1n) is 1.99. The first-order chi connectivity index (χ1) is 2.64. The van der Waals surface area contributed by atoms with Gasteiger partial charge >= 0.3 is 0 Å². The van der Waals surface area contributed by atoms with Crippen LogP contribution in [0.5, 0.6) is 0 Å². The van der Waals surface area contributed by atoms with E-state index in [9.17, 15) is 0 Å². The zero-order valence-electron chi connectivity index (χ0n) is 4.47. The topological polar surface area (TPSA) is 23.5 Å². The molecule has 0 saturated heterocycles. The highest BCUT2D eigenvalue weighted by atomic mass is 16.3. The largest absolute Gasteiger partial charge is 0.379 e. The quantitative estimate of drug-likeness (QED) is 0.453. The van der Waals surface area contributed by atoms with E-state index in [0.717, 1.165) is 0 Å². The summed E-state index contributed by atoms with van der Waals surface area (Å²) in [7, 11) is 3.65. The minimum absolute atomic E-state index is 0.315. The molecule has 2 heteroatoms. The van der Waals surface area contributed by atoms with Gasteiger partial charge in [-0.15, -0.1) is 0 Å². The molecule has 38 valence electrons. The van der Waals surface area contributed by atoms with Crippen LogP contribution in [-0.4, -0.2) is 30.3 Å². The molecule has 6 heavy (non-hydrogen) atoms. The fourth-order valence-electron chi connectivity index (χ4n) is 0. The van der Waals surface area contributed by atoms with Crippen LogP contribution in [-0.2, 0) is 0 Å². The third kappa shape index (κ3) is 2.18. The van der Waals surface area contributed by atoms with Crippen LogP contribution in [0.15, 0.2) is 0 Å². The van der Waals surface area contributed by atoms with E-state index in [1.807, 2.05) is 14.1 Å². The summed E-state index contributed by atoms with van der Waals surface area (Å²) in [5.74, 6) is 0. The smallest absolute Gasteiger partial charge is 0.104 e. The number of aliphatic hydroxyl groups excluding tert-OH is 1. The Bertz CT molecular complexity index is 28.5. The summed E-state index contributed by atoms with van der Waals surface area (Å²) >= 11 is 0. The summed E-state index contributed by atoms with van der Waals surface area (Å²) in [6.45, 7) is 1.72. The van der Waals surface area contributed by atoms with E-state index in [0.29, 0.717) is 0 Å². The number of aliphatic hydroxyl groups is 1. The van der Waals surface area contributed by atoms with Crippen molar-refractivity contribution in [3.8, 4) is 0 Å². The Hall–Kier alpha value is -0.0800. The maximum absolute atomic E-state index is 8.56. The zero-order chi connectivity index (χ0) is 5.15. The Morgan fingerprint density at radius 1 is 1.50 bits per heavy atom. The highest BCUT2D eigenvalue weighted by Gasteiger charge is 1.92. The van der Waals surface area contributed by atoms with Crippen molar-refractivity contribution in [3.63, 3.8) is 0 Å². The van der Waals surface area contributed by atoms with E-state index >= 15 is 0 Å². The van der Waals surface area contributed by atoms with Gasteiger partial charge in [0.25, 0.3) is 0 Å². The zero-order valence-corrected chi connectivity index (χ0v) is 4.47. The number of rotatable bonds is 1. The average Bonchev–Trinajstić information content (AvgIpc) is 1.36. The highest BCUT2D eigenvalue weighted by Crippen LogP contribution is 1.79. The van der Waals surface area contributed by atoms with E-state index in [2.05, 4.69) is 0 Å². The van der Waals surface area contributed by atoms with Gasteiger partial charge in [-0.2, -0.15) is 0 Å². The Morgan fingerprint density at radius 2 is 1.67 bits per heavy atom. The Morgan fingerprint density at radius 3 is 1.67 bits per heavy atom.